The molecule has 1 fully saturated rings. The molecule has 2 atom stereocenters. The van der Waals surface area contributed by atoms with Crippen molar-refractivity contribution in [2.75, 3.05) is 13.2 Å². The quantitative estimate of drug-likeness (QED) is 0.410. The fourth-order valence-corrected chi connectivity index (χ4v) is 2.57. The van der Waals surface area contributed by atoms with Crippen molar-refractivity contribution in [3.05, 3.63) is 36.5 Å². The number of carbonyl (C=O) groups is 2. The zero-order valence-electron chi connectivity index (χ0n) is 13.5. The van der Waals surface area contributed by atoms with Crippen molar-refractivity contribution in [1.29, 1.82) is 0 Å². The SMILES string of the molecule is C/C=C/C=C/COC(=O)[C@@H]1CCCC[C@H]1COC(=O)/C=C/C. The van der Waals surface area contributed by atoms with Crippen LogP contribution in [0.15, 0.2) is 36.5 Å². The van der Waals surface area contributed by atoms with E-state index in [9.17, 15) is 9.59 Å². The highest BCUT2D eigenvalue weighted by molar-refractivity contribution is 5.81. The lowest BCUT2D eigenvalue weighted by molar-refractivity contribution is -0.154. The predicted molar refractivity (Wildman–Crippen MR) is 86.1 cm³/mol. The van der Waals surface area contributed by atoms with Crippen molar-refractivity contribution in [2.24, 2.45) is 11.8 Å². The Kier molecular flexibility index (Phi) is 8.96. The maximum atomic E-state index is 12.2. The first-order valence-electron chi connectivity index (χ1n) is 7.93. The highest BCUT2D eigenvalue weighted by Gasteiger charge is 2.32. The standard InChI is InChI=1S/C18H26O4/c1-3-5-6-9-13-21-18(20)16-12-8-7-11-15(16)14-22-17(19)10-4-2/h3-6,9-10,15-16H,7-8,11-14H2,1-2H3/b5-3+,9-6+,10-4+/t15-,16+/m0/s1. The molecular formula is C18H26O4. The zero-order chi connectivity index (χ0) is 16.2. The first-order valence-corrected chi connectivity index (χ1v) is 7.93. The summed E-state index contributed by atoms with van der Waals surface area (Å²) in [7, 11) is 0. The Balaban J connectivity index is 2.46. The molecule has 1 rings (SSSR count). The minimum Gasteiger partial charge on any atom is -0.462 e. The van der Waals surface area contributed by atoms with Gasteiger partial charge in [0.1, 0.15) is 6.61 Å². The summed E-state index contributed by atoms with van der Waals surface area (Å²) in [5.74, 6) is -0.636. The Morgan fingerprint density at radius 3 is 2.55 bits per heavy atom. The van der Waals surface area contributed by atoms with Gasteiger partial charge in [-0.1, -0.05) is 37.1 Å². The van der Waals surface area contributed by atoms with Crippen LogP contribution in [0, 0.1) is 11.8 Å². The van der Waals surface area contributed by atoms with Crippen molar-refractivity contribution in [3.8, 4) is 0 Å². The highest BCUT2D eigenvalue weighted by atomic mass is 16.5. The van der Waals surface area contributed by atoms with Crippen molar-refractivity contribution in [2.45, 2.75) is 39.5 Å². The Labute approximate surface area is 132 Å². The topological polar surface area (TPSA) is 52.6 Å². The second-order valence-corrected chi connectivity index (χ2v) is 5.37. The van der Waals surface area contributed by atoms with E-state index in [4.69, 9.17) is 9.47 Å². The van der Waals surface area contributed by atoms with Crippen LogP contribution < -0.4 is 0 Å². The number of carbonyl (C=O) groups excluding carboxylic acids is 2. The van der Waals surface area contributed by atoms with Crippen LogP contribution in [-0.2, 0) is 19.1 Å². The lowest BCUT2D eigenvalue weighted by Gasteiger charge is -2.29. The van der Waals surface area contributed by atoms with E-state index in [1.165, 1.54) is 6.08 Å². The summed E-state index contributed by atoms with van der Waals surface area (Å²) in [6.45, 7) is 4.27. The molecule has 0 aromatic heterocycles. The molecule has 4 heteroatoms. The molecule has 0 amide bonds. The minimum absolute atomic E-state index is 0.0648. The average Bonchev–Trinajstić information content (AvgIpc) is 2.53. The number of ether oxygens (including phenoxy) is 2. The minimum atomic E-state index is -0.352. The molecule has 0 radical (unpaired) electrons. The molecule has 0 heterocycles. The van der Waals surface area contributed by atoms with E-state index < -0.39 is 0 Å². The van der Waals surface area contributed by atoms with Crippen LogP contribution in [0.5, 0.6) is 0 Å². The number of hydrogen-bond acceptors (Lipinski definition) is 4. The van der Waals surface area contributed by atoms with Crippen molar-refractivity contribution >= 4 is 11.9 Å². The van der Waals surface area contributed by atoms with Gasteiger partial charge in [0.05, 0.1) is 12.5 Å². The Morgan fingerprint density at radius 2 is 1.82 bits per heavy atom. The maximum absolute atomic E-state index is 12.2. The monoisotopic (exact) mass is 306 g/mol. The van der Waals surface area contributed by atoms with E-state index in [0.717, 1.165) is 25.7 Å². The van der Waals surface area contributed by atoms with E-state index in [1.807, 2.05) is 31.2 Å². The summed E-state index contributed by atoms with van der Waals surface area (Å²) < 4.78 is 10.5. The van der Waals surface area contributed by atoms with Gasteiger partial charge in [0, 0.05) is 12.0 Å². The van der Waals surface area contributed by atoms with E-state index in [-0.39, 0.29) is 37.0 Å². The van der Waals surface area contributed by atoms with Gasteiger partial charge in [-0.05, 0) is 32.8 Å². The van der Waals surface area contributed by atoms with Crippen LogP contribution in [-0.4, -0.2) is 25.2 Å². The number of rotatable bonds is 7. The van der Waals surface area contributed by atoms with Gasteiger partial charge in [-0.15, -0.1) is 0 Å². The molecule has 0 saturated heterocycles. The summed E-state index contributed by atoms with van der Waals surface area (Å²) >= 11 is 0. The lowest BCUT2D eigenvalue weighted by atomic mass is 9.80. The first-order chi connectivity index (χ1) is 10.7. The van der Waals surface area contributed by atoms with Crippen LogP contribution in [0.25, 0.3) is 0 Å². The van der Waals surface area contributed by atoms with Crippen molar-refractivity contribution < 1.29 is 19.1 Å². The van der Waals surface area contributed by atoms with Crippen LogP contribution in [0.1, 0.15) is 39.5 Å². The third kappa shape index (κ3) is 6.74. The molecule has 0 bridgehead atoms. The third-order valence-corrected chi connectivity index (χ3v) is 3.72. The van der Waals surface area contributed by atoms with Gasteiger partial charge < -0.3 is 9.47 Å². The van der Waals surface area contributed by atoms with E-state index in [0.29, 0.717) is 0 Å². The second kappa shape index (κ2) is 10.8. The molecule has 1 aliphatic rings. The molecule has 0 spiro atoms. The smallest absolute Gasteiger partial charge is 0.330 e. The lowest BCUT2D eigenvalue weighted by Crippen LogP contribution is -2.32. The van der Waals surface area contributed by atoms with Crippen LogP contribution in [0.4, 0.5) is 0 Å². The normalized spacial score (nSPS) is 22.5. The maximum Gasteiger partial charge on any atom is 0.330 e. The fourth-order valence-electron chi connectivity index (χ4n) is 2.57. The zero-order valence-corrected chi connectivity index (χ0v) is 13.5. The van der Waals surface area contributed by atoms with E-state index in [1.54, 1.807) is 13.0 Å². The fraction of sp³-hybridized carbons (Fsp3) is 0.556. The summed E-state index contributed by atoms with van der Waals surface area (Å²) in [5.41, 5.74) is 0. The molecule has 0 aliphatic heterocycles. The number of allylic oxidation sites excluding steroid dienone is 4. The molecular weight excluding hydrogens is 280 g/mol. The molecule has 0 aromatic carbocycles. The van der Waals surface area contributed by atoms with E-state index in [2.05, 4.69) is 0 Å². The van der Waals surface area contributed by atoms with E-state index >= 15 is 0 Å². The average molecular weight is 306 g/mol. The van der Waals surface area contributed by atoms with Crippen molar-refractivity contribution in [1.82, 2.24) is 0 Å². The number of hydrogen-bond donors (Lipinski definition) is 0. The molecule has 1 saturated carbocycles. The molecule has 22 heavy (non-hydrogen) atoms. The van der Waals surface area contributed by atoms with Gasteiger partial charge in [0.15, 0.2) is 0 Å². The summed E-state index contributed by atoms with van der Waals surface area (Å²) in [6.07, 6.45) is 14.3. The highest BCUT2D eigenvalue weighted by Crippen LogP contribution is 2.31. The van der Waals surface area contributed by atoms with Gasteiger partial charge in [-0.3, -0.25) is 4.79 Å². The summed E-state index contributed by atoms with van der Waals surface area (Å²) in [5, 5.41) is 0. The molecule has 4 nitrogen and oxygen atoms in total. The van der Waals surface area contributed by atoms with Gasteiger partial charge >= 0.3 is 11.9 Å². The Bertz CT molecular complexity index is 434. The Hall–Kier alpha value is -1.84. The molecule has 0 aromatic rings. The summed E-state index contributed by atoms with van der Waals surface area (Å²) in [4.78, 5) is 23.6. The number of esters is 2. The Morgan fingerprint density at radius 1 is 1.05 bits per heavy atom. The predicted octanol–water partition coefficient (Wildman–Crippen LogP) is 3.59. The van der Waals surface area contributed by atoms with Crippen LogP contribution in [0.2, 0.25) is 0 Å². The van der Waals surface area contributed by atoms with Gasteiger partial charge in [0.25, 0.3) is 0 Å². The van der Waals surface area contributed by atoms with Gasteiger partial charge in [0.2, 0.25) is 0 Å². The largest absolute Gasteiger partial charge is 0.462 e. The van der Waals surface area contributed by atoms with Crippen molar-refractivity contribution in [3.63, 3.8) is 0 Å². The van der Waals surface area contributed by atoms with Gasteiger partial charge in [-0.25, -0.2) is 4.79 Å². The molecule has 0 N–H and O–H groups in total. The van der Waals surface area contributed by atoms with Crippen LogP contribution >= 0.6 is 0 Å². The second-order valence-electron chi connectivity index (χ2n) is 5.37. The summed E-state index contributed by atoms with van der Waals surface area (Å²) in [6, 6.07) is 0. The molecule has 0 unspecified atom stereocenters. The molecule has 122 valence electrons. The van der Waals surface area contributed by atoms with Crippen LogP contribution in [0.3, 0.4) is 0 Å². The third-order valence-electron chi connectivity index (χ3n) is 3.72. The first kappa shape index (κ1) is 18.2. The molecule has 1 aliphatic carbocycles. The van der Waals surface area contributed by atoms with Gasteiger partial charge in [-0.2, -0.15) is 0 Å².